The number of imide groups is 1. The Kier molecular flexibility index (Phi) is 6.76. The molecule has 2 heterocycles. The molecule has 1 aromatic heterocycles. The summed E-state index contributed by atoms with van der Waals surface area (Å²) in [7, 11) is 0. The Bertz CT molecular complexity index is 849. The molecule has 0 atom stereocenters. The molecule has 0 aliphatic carbocycles. The maximum Gasteiger partial charge on any atom is 0.229 e. The summed E-state index contributed by atoms with van der Waals surface area (Å²) in [5.74, 6) is 0.396. The number of hydrogen-bond donors (Lipinski definition) is 1. The van der Waals surface area contributed by atoms with Gasteiger partial charge in [0.25, 0.3) is 0 Å². The Labute approximate surface area is 167 Å². The van der Waals surface area contributed by atoms with Crippen molar-refractivity contribution in [2.24, 2.45) is 0 Å². The van der Waals surface area contributed by atoms with Crippen molar-refractivity contribution >= 4 is 29.1 Å². The van der Waals surface area contributed by atoms with Gasteiger partial charge in [0.1, 0.15) is 10.8 Å². The predicted octanol–water partition coefficient (Wildman–Crippen LogP) is 2.41. The lowest BCUT2D eigenvalue weighted by atomic mass is 10.2. The molecule has 148 valence electrons. The van der Waals surface area contributed by atoms with E-state index in [0.717, 1.165) is 16.3 Å². The smallest absolute Gasteiger partial charge is 0.229 e. The second kappa shape index (κ2) is 9.45. The first kappa shape index (κ1) is 20.0. The van der Waals surface area contributed by atoms with E-state index in [1.165, 1.54) is 16.2 Å². The van der Waals surface area contributed by atoms with E-state index >= 15 is 0 Å². The second-order valence-corrected chi connectivity index (χ2v) is 7.25. The third-order valence-electron chi connectivity index (χ3n) is 4.35. The topological polar surface area (TPSA) is 88.6 Å². The van der Waals surface area contributed by atoms with Crippen molar-refractivity contribution in [3.05, 3.63) is 35.3 Å². The van der Waals surface area contributed by atoms with Gasteiger partial charge in [-0.05, 0) is 25.5 Å². The molecule has 1 aliphatic rings. The first-order chi connectivity index (χ1) is 13.6. The van der Waals surface area contributed by atoms with E-state index in [2.05, 4.69) is 10.3 Å². The van der Waals surface area contributed by atoms with Gasteiger partial charge in [0.15, 0.2) is 0 Å². The Morgan fingerprint density at radius 1 is 1.25 bits per heavy atom. The molecule has 3 amide bonds. The normalized spacial score (nSPS) is 13.8. The molecule has 1 fully saturated rings. The van der Waals surface area contributed by atoms with E-state index in [0.29, 0.717) is 44.7 Å². The van der Waals surface area contributed by atoms with Crippen molar-refractivity contribution in [1.82, 2.24) is 15.2 Å². The Hall–Kier alpha value is -2.74. The minimum absolute atomic E-state index is 0.126. The summed E-state index contributed by atoms with van der Waals surface area (Å²) in [6.07, 6.45) is 1.33. The molecule has 1 aromatic carbocycles. The number of amides is 3. The van der Waals surface area contributed by atoms with E-state index in [4.69, 9.17) is 4.74 Å². The van der Waals surface area contributed by atoms with Crippen LogP contribution < -0.4 is 10.1 Å². The fourth-order valence-electron chi connectivity index (χ4n) is 3.00. The van der Waals surface area contributed by atoms with Crippen LogP contribution in [0.25, 0.3) is 10.6 Å². The van der Waals surface area contributed by atoms with Crippen molar-refractivity contribution in [1.29, 1.82) is 0 Å². The minimum Gasteiger partial charge on any atom is -0.493 e. The number of rotatable bonds is 9. The van der Waals surface area contributed by atoms with Crippen molar-refractivity contribution in [2.45, 2.75) is 32.6 Å². The number of nitrogens with one attached hydrogen (secondary N) is 1. The quantitative estimate of drug-likeness (QED) is 0.515. The highest BCUT2D eigenvalue weighted by atomic mass is 32.1. The number of benzene rings is 1. The highest BCUT2D eigenvalue weighted by Crippen LogP contribution is 2.32. The maximum absolute atomic E-state index is 12.1. The SMILES string of the molecule is CCOc1ccccc1-c1nc(CC(=O)NCCCN2C(=O)CCC2=O)cs1. The van der Waals surface area contributed by atoms with Gasteiger partial charge in [0.05, 0.1) is 24.3 Å². The molecule has 1 N–H and O–H groups in total. The molecule has 28 heavy (non-hydrogen) atoms. The van der Waals surface area contributed by atoms with Crippen LogP contribution in [0, 0.1) is 0 Å². The summed E-state index contributed by atoms with van der Waals surface area (Å²) in [5.41, 5.74) is 1.62. The van der Waals surface area contributed by atoms with E-state index in [1.54, 1.807) is 0 Å². The fourth-order valence-corrected chi connectivity index (χ4v) is 3.85. The zero-order valence-corrected chi connectivity index (χ0v) is 16.6. The van der Waals surface area contributed by atoms with Crippen LogP contribution in [-0.2, 0) is 20.8 Å². The van der Waals surface area contributed by atoms with E-state index in [-0.39, 0.29) is 24.1 Å². The van der Waals surface area contributed by atoms with Gasteiger partial charge in [0, 0.05) is 31.3 Å². The molecular weight excluding hydrogens is 378 g/mol. The summed E-state index contributed by atoms with van der Waals surface area (Å²) in [6, 6.07) is 7.71. The number of para-hydroxylation sites is 1. The molecule has 0 saturated carbocycles. The van der Waals surface area contributed by atoms with Gasteiger partial charge in [-0.3, -0.25) is 19.3 Å². The molecule has 1 aliphatic heterocycles. The van der Waals surface area contributed by atoms with E-state index in [9.17, 15) is 14.4 Å². The Morgan fingerprint density at radius 2 is 2.00 bits per heavy atom. The number of aromatic nitrogens is 1. The van der Waals surface area contributed by atoms with Crippen LogP contribution in [-0.4, -0.2) is 47.3 Å². The van der Waals surface area contributed by atoms with Crippen molar-refractivity contribution in [3.8, 4) is 16.3 Å². The average Bonchev–Trinajstić information content (AvgIpc) is 3.27. The lowest BCUT2D eigenvalue weighted by molar-refractivity contribution is -0.138. The van der Waals surface area contributed by atoms with Crippen LogP contribution in [0.3, 0.4) is 0 Å². The average molecular weight is 401 g/mol. The number of hydrogen-bond acceptors (Lipinski definition) is 6. The van der Waals surface area contributed by atoms with Crippen molar-refractivity contribution < 1.29 is 19.1 Å². The largest absolute Gasteiger partial charge is 0.493 e. The van der Waals surface area contributed by atoms with Crippen LogP contribution in [0.2, 0.25) is 0 Å². The molecule has 2 aromatic rings. The first-order valence-corrected chi connectivity index (χ1v) is 10.2. The van der Waals surface area contributed by atoms with Crippen molar-refractivity contribution in [2.75, 3.05) is 19.7 Å². The highest BCUT2D eigenvalue weighted by molar-refractivity contribution is 7.13. The molecule has 0 unspecified atom stereocenters. The molecule has 3 rings (SSSR count). The van der Waals surface area contributed by atoms with Gasteiger partial charge in [0.2, 0.25) is 17.7 Å². The van der Waals surface area contributed by atoms with Gasteiger partial charge in [-0.2, -0.15) is 0 Å². The van der Waals surface area contributed by atoms with Crippen molar-refractivity contribution in [3.63, 3.8) is 0 Å². The molecule has 7 nitrogen and oxygen atoms in total. The summed E-state index contributed by atoms with van der Waals surface area (Å²) < 4.78 is 5.64. The lowest BCUT2D eigenvalue weighted by Crippen LogP contribution is -2.33. The second-order valence-electron chi connectivity index (χ2n) is 6.39. The number of carbonyl (C=O) groups excluding carboxylic acids is 3. The van der Waals surface area contributed by atoms with Crippen LogP contribution in [0.15, 0.2) is 29.6 Å². The highest BCUT2D eigenvalue weighted by Gasteiger charge is 2.27. The minimum atomic E-state index is -0.131. The fraction of sp³-hybridized carbons (Fsp3) is 0.400. The summed E-state index contributed by atoms with van der Waals surface area (Å²) in [5, 5.41) is 5.51. The molecule has 8 heteroatoms. The van der Waals surface area contributed by atoms with E-state index in [1.807, 2.05) is 36.6 Å². The first-order valence-electron chi connectivity index (χ1n) is 9.35. The number of likely N-dealkylation sites (tertiary alicyclic amines) is 1. The zero-order chi connectivity index (χ0) is 19.9. The van der Waals surface area contributed by atoms with E-state index < -0.39 is 0 Å². The molecule has 0 spiro atoms. The predicted molar refractivity (Wildman–Crippen MR) is 106 cm³/mol. The molecule has 0 radical (unpaired) electrons. The van der Waals surface area contributed by atoms with Crippen LogP contribution >= 0.6 is 11.3 Å². The molecule has 0 bridgehead atoms. The van der Waals surface area contributed by atoms with Gasteiger partial charge >= 0.3 is 0 Å². The maximum atomic E-state index is 12.1. The summed E-state index contributed by atoms with van der Waals surface area (Å²) >= 11 is 1.48. The summed E-state index contributed by atoms with van der Waals surface area (Å²) in [6.45, 7) is 3.28. The van der Waals surface area contributed by atoms with Gasteiger partial charge < -0.3 is 10.1 Å². The third-order valence-corrected chi connectivity index (χ3v) is 5.27. The Morgan fingerprint density at radius 3 is 2.75 bits per heavy atom. The molecule has 1 saturated heterocycles. The monoisotopic (exact) mass is 401 g/mol. The number of ether oxygens (including phenoxy) is 1. The lowest BCUT2D eigenvalue weighted by Gasteiger charge is -2.13. The number of thiazole rings is 1. The van der Waals surface area contributed by atoms with Gasteiger partial charge in [-0.1, -0.05) is 12.1 Å². The third kappa shape index (κ3) is 4.95. The summed E-state index contributed by atoms with van der Waals surface area (Å²) in [4.78, 5) is 41.0. The van der Waals surface area contributed by atoms with Crippen LogP contribution in [0.4, 0.5) is 0 Å². The van der Waals surface area contributed by atoms with Crippen LogP contribution in [0.5, 0.6) is 5.75 Å². The standard InChI is InChI=1S/C20H23N3O4S/c1-2-27-16-7-4-3-6-15(16)20-22-14(13-28-20)12-17(24)21-10-5-11-23-18(25)8-9-19(23)26/h3-4,6-7,13H,2,5,8-12H2,1H3,(H,21,24). The Balaban J connectivity index is 1.48. The van der Waals surface area contributed by atoms with Gasteiger partial charge in [-0.25, -0.2) is 4.98 Å². The number of carbonyl (C=O) groups is 3. The zero-order valence-electron chi connectivity index (χ0n) is 15.8. The number of nitrogens with zero attached hydrogens (tertiary/aromatic N) is 2. The molecular formula is C20H23N3O4S. The van der Waals surface area contributed by atoms with Gasteiger partial charge in [-0.15, -0.1) is 11.3 Å². The van der Waals surface area contributed by atoms with Crippen LogP contribution in [0.1, 0.15) is 31.9 Å².